The van der Waals surface area contributed by atoms with Crippen LogP contribution >= 0.6 is 0 Å². The van der Waals surface area contributed by atoms with Crippen molar-refractivity contribution in [1.29, 1.82) is 0 Å². The Labute approximate surface area is 177 Å². The lowest BCUT2D eigenvalue weighted by Crippen LogP contribution is -2.29. The van der Waals surface area contributed by atoms with E-state index in [1.807, 2.05) is 31.2 Å². The molecular formula is C22H26N4O3S. The Hall–Kier alpha value is -2.71. The van der Waals surface area contributed by atoms with E-state index in [9.17, 15) is 8.42 Å². The Balaban J connectivity index is 1.55. The zero-order valence-corrected chi connectivity index (χ0v) is 18.5. The normalized spacial score (nSPS) is 17.4. The molecule has 4 rings (SSSR count). The first-order valence-corrected chi connectivity index (χ1v) is 11.4. The molecule has 158 valence electrons. The van der Waals surface area contributed by atoms with Crippen LogP contribution in [0.15, 0.2) is 45.8 Å². The number of benzene rings is 1. The summed E-state index contributed by atoms with van der Waals surface area (Å²) in [6.07, 6.45) is 0.725. The van der Waals surface area contributed by atoms with Crippen molar-refractivity contribution >= 4 is 21.4 Å². The van der Waals surface area contributed by atoms with Gasteiger partial charge in [0.15, 0.2) is 5.76 Å². The zero-order valence-electron chi connectivity index (χ0n) is 17.6. The maximum atomic E-state index is 13.1. The number of nitrogens with one attached hydrogen (secondary N) is 1. The van der Waals surface area contributed by atoms with Crippen LogP contribution in [0.5, 0.6) is 0 Å². The molecule has 0 amide bonds. The third kappa shape index (κ3) is 3.97. The second-order valence-corrected chi connectivity index (χ2v) is 9.79. The van der Waals surface area contributed by atoms with Crippen LogP contribution in [0.2, 0.25) is 0 Å². The standard InChI is InChI=1S/C22H26N4O3S/c1-14-5-7-19(8-6-14)24-20-11-15(2)23-21(12-20)18-9-10-26(13-18)30(27,28)22-16(3)25-29-17(22)4/h5-8,11-12,18H,9-10,13H2,1-4H3,(H,23,24). The molecule has 2 aromatic heterocycles. The average molecular weight is 427 g/mol. The summed E-state index contributed by atoms with van der Waals surface area (Å²) in [6, 6.07) is 12.2. The molecule has 3 heterocycles. The van der Waals surface area contributed by atoms with Gasteiger partial charge in [-0.2, -0.15) is 4.31 Å². The zero-order chi connectivity index (χ0) is 21.5. The van der Waals surface area contributed by atoms with E-state index >= 15 is 0 Å². The second-order valence-electron chi connectivity index (χ2n) is 7.92. The Morgan fingerprint density at radius 1 is 1.07 bits per heavy atom. The topological polar surface area (TPSA) is 88.3 Å². The SMILES string of the molecule is Cc1ccc(Nc2cc(C)nc(C3CCN(S(=O)(=O)c4c(C)noc4C)C3)c2)cc1. The lowest BCUT2D eigenvalue weighted by atomic mass is 10.0. The quantitative estimate of drug-likeness (QED) is 0.657. The predicted molar refractivity (Wildman–Crippen MR) is 116 cm³/mol. The third-order valence-corrected chi connectivity index (χ3v) is 7.56. The summed E-state index contributed by atoms with van der Waals surface area (Å²) < 4.78 is 32.8. The lowest BCUT2D eigenvalue weighted by Gasteiger charge is -2.17. The van der Waals surface area contributed by atoms with E-state index in [-0.39, 0.29) is 10.8 Å². The van der Waals surface area contributed by atoms with E-state index in [1.165, 1.54) is 9.87 Å². The molecule has 1 aliphatic heterocycles. The van der Waals surface area contributed by atoms with E-state index in [4.69, 9.17) is 9.51 Å². The number of anilines is 2. The molecule has 0 spiro atoms. The van der Waals surface area contributed by atoms with Crippen molar-refractivity contribution in [2.75, 3.05) is 18.4 Å². The number of aryl methyl sites for hydroxylation is 4. The van der Waals surface area contributed by atoms with Crippen molar-refractivity contribution < 1.29 is 12.9 Å². The van der Waals surface area contributed by atoms with Crippen LogP contribution in [0.4, 0.5) is 11.4 Å². The van der Waals surface area contributed by atoms with Gasteiger partial charge in [0.1, 0.15) is 10.6 Å². The van der Waals surface area contributed by atoms with E-state index < -0.39 is 10.0 Å². The largest absolute Gasteiger partial charge is 0.360 e. The highest BCUT2D eigenvalue weighted by atomic mass is 32.2. The Kier molecular flexibility index (Phi) is 5.38. The van der Waals surface area contributed by atoms with Crippen LogP contribution in [0, 0.1) is 27.7 Å². The molecule has 0 radical (unpaired) electrons. The van der Waals surface area contributed by atoms with Crippen LogP contribution in [-0.4, -0.2) is 36.0 Å². The van der Waals surface area contributed by atoms with Crippen molar-refractivity contribution in [1.82, 2.24) is 14.4 Å². The summed E-state index contributed by atoms with van der Waals surface area (Å²) in [5.41, 5.74) is 5.36. The van der Waals surface area contributed by atoms with Crippen molar-refractivity contribution in [3.8, 4) is 0 Å². The first-order valence-electron chi connectivity index (χ1n) is 9.99. The van der Waals surface area contributed by atoms with Gasteiger partial charge >= 0.3 is 0 Å². The summed E-state index contributed by atoms with van der Waals surface area (Å²) in [7, 11) is -3.64. The summed E-state index contributed by atoms with van der Waals surface area (Å²) in [6.45, 7) is 8.14. The van der Waals surface area contributed by atoms with Crippen molar-refractivity contribution in [2.45, 2.75) is 44.9 Å². The van der Waals surface area contributed by atoms with Gasteiger partial charge in [0, 0.05) is 41.8 Å². The predicted octanol–water partition coefficient (Wildman–Crippen LogP) is 4.23. The Morgan fingerprint density at radius 2 is 1.80 bits per heavy atom. The maximum absolute atomic E-state index is 13.1. The molecule has 1 N–H and O–H groups in total. The average Bonchev–Trinajstić information content (AvgIpc) is 3.31. The monoisotopic (exact) mass is 426 g/mol. The smallest absolute Gasteiger partial charge is 0.248 e. The van der Waals surface area contributed by atoms with E-state index in [1.54, 1.807) is 13.8 Å². The second kappa shape index (κ2) is 7.85. The number of hydrogen-bond acceptors (Lipinski definition) is 6. The summed E-state index contributed by atoms with van der Waals surface area (Å²) in [5.74, 6) is 0.368. The van der Waals surface area contributed by atoms with E-state index in [2.05, 4.69) is 29.5 Å². The van der Waals surface area contributed by atoms with Crippen LogP contribution in [0.25, 0.3) is 0 Å². The minimum absolute atomic E-state index is 0.0405. The third-order valence-electron chi connectivity index (χ3n) is 5.45. The molecular weight excluding hydrogens is 400 g/mol. The molecule has 8 heteroatoms. The van der Waals surface area contributed by atoms with Crippen molar-refractivity contribution in [2.24, 2.45) is 0 Å². The molecule has 7 nitrogen and oxygen atoms in total. The van der Waals surface area contributed by atoms with Gasteiger partial charge in [0.05, 0.1) is 0 Å². The molecule has 1 aromatic carbocycles. The Bertz CT molecular complexity index is 1150. The molecule has 1 unspecified atom stereocenters. The van der Waals surface area contributed by atoms with Gasteiger partial charge in [-0.3, -0.25) is 4.98 Å². The molecule has 1 aliphatic rings. The number of pyridine rings is 1. The van der Waals surface area contributed by atoms with Crippen molar-refractivity contribution in [3.63, 3.8) is 0 Å². The lowest BCUT2D eigenvalue weighted by molar-refractivity contribution is 0.389. The van der Waals surface area contributed by atoms with Crippen LogP contribution < -0.4 is 5.32 Å². The van der Waals surface area contributed by atoms with E-state index in [0.29, 0.717) is 24.5 Å². The number of hydrogen-bond donors (Lipinski definition) is 1. The summed E-state index contributed by atoms with van der Waals surface area (Å²) in [5, 5.41) is 7.22. The van der Waals surface area contributed by atoms with Crippen LogP contribution in [0.3, 0.4) is 0 Å². The number of sulfonamides is 1. The highest BCUT2D eigenvalue weighted by molar-refractivity contribution is 7.89. The van der Waals surface area contributed by atoms with Crippen LogP contribution in [0.1, 0.15) is 40.7 Å². The fraction of sp³-hybridized carbons (Fsp3) is 0.364. The molecule has 0 bridgehead atoms. The molecule has 1 fully saturated rings. The molecule has 1 atom stereocenters. The number of nitrogens with zero attached hydrogens (tertiary/aromatic N) is 3. The number of aromatic nitrogens is 2. The summed E-state index contributed by atoms with van der Waals surface area (Å²) >= 11 is 0. The molecule has 3 aromatic rings. The minimum atomic E-state index is -3.64. The van der Waals surface area contributed by atoms with E-state index in [0.717, 1.165) is 29.2 Å². The van der Waals surface area contributed by atoms with Gasteiger partial charge in [-0.25, -0.2) is 8.42 Å². The molecule has 1 saturated heterocycles. The molecule has 30 heavy (non-hydrogen) atoms. The van der Waals surface area contributed by atoms with Gasteiger partial charge in [0.25, 0.3) is 0 Å². The van der Waals surface area contributed by atoms with Gasteiger partial charge in [-0.05, 0) is 58.4 Å². The number of rotatable bonds is 5. The first kappa shape index (κ1) is 20.6. The minimum Gasteiger partial charge on any atom is -0.360 e. The first-order chi connectivity index (χ1) is 14.2. The van der Waals surface area contributed by atoms with Crippen LogP contribution in [-0.2, 0) is 10.0 Å². The Morgan fingerprint density at radius 3 is 2.47 bits per heavy atom. The molecule has 0 saturated carbocycles. The highest BCUT2D eigenvalue weighted by Crippen LogP contribution is 2.33. The fourth-order valence-corrected chi connectivity index (χ4v) is 5.73. The van der Waals surface area contributed by atoms with Gasteiger partial charge in [-0.15, -0.1) is 0 Å². The molecule has 0 aliphatic carbocycles. The maximum Gasteiger partial charge on any atom is 0.248 e. The van der Waals surface area contributed by atoms with Gasteiger partial charge in [-0.1, -0.05) is 22.9 Å². The van der Waals surface area contributed by atoms with Crippen molar-refractivity contribution in [3.05, 3.63) is 64.8 Å². The van der Waals surface area contributed by atoms with Gasteiger partial charge < -0.3 is 9.84 Å². The van der Waals surface area contributed by atoms with Gasteiger partial charge in [0.2, 0.25) is 10.0 Å². The fourth-order valence-electron chi connectivity index (χ4n) is 3.94. The highest BCUT2D eigenvalue weighted by Gasteiger charge is 2.37. The summed E-state index contributed by atoms with van der Waals surface area (Å²) in [4.78, 5) is 4.88.